The number of aliphatic hydroxyl groups excluding tert-OH is 1. The molecule has 1 atom stereocenters. The van der Waals surface area contributed by atoms with Crippen LogP contribution in [0.3, 0.4) is 0 Å². The highest BCUT2D eigenvalue weighted by Crippen LogP contribution is 2.31. The van der Waals surface area contributed by atoms with Crippen LogP contribution in [0, 0.1) is 0 Å². The Morgan fingerprint density at radius 1 is 1.23 bits per heavy atom. The zero-order valence-corrected chi connectivity index (χ0v) is 17.8. The lowest BCUT2D eigenvalue weighted by atomic mass is 10.1. The molecular formula is C23H33N3O4. The lowest BCUT2D eigenvalue weighted by Gasteiger charge is -2.28. The van der Waals surface area contributed by atoms with Gasteiger partial charge in [0.2, 0.25) is 0 Å². The van der Waals surface area contributed by atoms with Crippen molar-refractivity contribution in [2.45, 2.75) is 25.5 Å². The van der Waals surface area contributed by atoms with E-state index >= 15 is 0 Å². The van der Waals surface area contributed by atoms with Crippen molar-refractivity contribution in [3.8, 4) is 11.5 Å². The topological polar surface area (TPSA) is 76.1 Å². The summed E-state index contributed by atoms with van der Waals surface area (Å²) in [5.74, 6) is 1.38. The molecule has 1 aromatic carbocycles. The van der Waals surface area contributed by atoms with E-state index in [1.165, 1.54) is 5.56 Å². The highest BCUT2D eigenvalue weighted by molar-refractivity contribution is 5.46. The van der Waals surface area contributed by atoms with Gasteiger partial charge >= 0.3 is 0 Å². The first-order chi connectivity index (χ1) is 14.8. The molecule has 0 spiro atoms. The number of hydrogen-bond donors (Lipinski definition) is 2. The van der Waals surface area contributed by atoms with Crippen molar-refractivity contribution < 1.29 is 19.3 Å². The Kier molecular flexibility index (Phi) is 9.37. The van der Waals surface area contributed by atoms with Gasteiger partial charge in [-0.05, 0) is 37.1 Å². The van der Waals surface area contributed by atoms with Crippen molar-refractivity contribution in [2.75, 3.05) is 53.1 Å². The van der Waals surface area contributed by atoms with Crippen molar-refractivity contribution in [2.24, 2.45) is 0 Å². The molecule has 0 saturated carbocycles. The van der Waals surface area contributed by atoms with Crippen LogP contribution in [0.1, 0.15) is 17.5 Å². The Morgan fingerprint density at radius 2 is 2.10 bits per heavy atom. The quantitative estimate of drug-likeness (QED) is 0.513. The predicted octanol–water partition coefficient (Wildman–Crippen LogP) is 1.88. The van der Waals surface area contributed by atoms with E-state index < -0.39 is 6.10 Å². The van der Waals surface area contributed by atoms with Gasteiger partial charge in [0, 0.05) is 44.1 Å². The summed E-state index contributed by atoms with van der Waals surface area (Å²) in [6.07, 6.45) is 5.17. The van der Waals surface area contributed by atoms with Crippen LogP contribution in [0.25, 0.3) is 0 Å². The number of β-amino-alcohol motifs (C(OH)–C–C–N with tert-alkyl or cyclic N) is 1. The molecule has 2 heterocycles. The van der Waals surface area contributed by atoms with Crippen molar-refractivity contribution in [1.29, 1.82) is 0 Å². The van der Waals surface area contributed by atoms with Gasteiger partial charge in [-0.15, -0.1) is 0 Å². The van der Waals surface area contributed by atoms with E-state index in [-0.39, 0.29) is 6.61 Å². The number of ether oxygens (including phenoxy) is 3. The van der Waals surface area contributed by atoms with Gasteiger partial charge < -0.3 is 24.6 Å². The number of rotatable bonds is 12. The molecule has 7 heteroatoms. The minimum absolute atomic E-state index is 0.228. The number of aryl methyl sites for hydroxylation is 1. The Hall–Kier alpha value is -2.19. The molecule has 2 aromatic rings. The summed E-state index contributed by atoms with van der Waals surface area (Å²) in [6, 6.07) is 9.94. The van der Waals surface area contributed by atoms with E-state index in [0.29, 0.717) is 24.6 Å². The van der Waals surface area contributed by atoms with Gasteiger partial charge in [-0.3, -0.25) is 9.88 Å². The fourth-order valence-electron chi connectivity index (χ4n) is 3.53. The fourth-order valence-corrected chi connectivity index (χ4v) is 3.53. The van der Waals surface area contributed by atoms with Gasteiger partial charge in [-0.25, -0.2) is 0 Å². The van der Waals surface area contributed by atoms with Crippen molar-refractivity contribution in [3.63, 3.8) is 0 Å². The first-order valence-corrected chi connectivity index (χ1v) is 10.6. The van der Waals surface area contributed by atoms with Gasteiger partial charge in [0.25, 0.3) is 0 Å². The van der Waals surface area contributed by atoms with E-state index in [2.05, 4.69) is 21.3 Å². The van der Waals surface area contributed by atoms with Crippen LogP contribution >= 0.6 is 0 Å². The Morgan fingerprint density at radius 3 is 2.87 bits per heavy atom. The third kappa shape index (κ3) is 7.25. The summed E-state index contributed by atoms with van der Waals surface area (Å²) in [5, 5.41) is 13.9. The van der Waals surface area contributed by atoms with Crippen molar-refractivity contribution >= 4 is 0 Å². The number of aliphatic hydroxyl groups is 1. The minimum atomic E-state index is -0.562. The second-order valence-corrected chi connectivity index (χ2v) is 7.47. The molecule has 164 valence electrons. The summed E-state index contributed by atoms with van der Waals surface area (Å²) in [5.41, 5.74) is 2.27. The van der Waals surface area contributed by atoms with Crippen LogP contribution in [0.5, 0.6) is 11.5 Å². The van der Waals surface area contributed by atoms with Crippen molar-refractivity contribution in [3.05, 3.63) is 53.9 Å². The largest absolute Gasteiger partial charge is 0.493 e. The van der Waals surface area contributed by atoms with Crippen LogP contribution in [0.4, 0.5) is 0 Å². The van der Waals surface area contributed by atoms with Gasteiger partial charge in [-0.2, -0.15) is 0 Å². The van der Waals surface area contributed by atoms with Crippen LogP contribution in [0.2, 0.25) is 0 Å². The normalized spacial score (nSPS) is 15.7. The Labute approximate surface area is 179 Å². The zero-order valence-electron chi connectivity index (χ0n) is 17.8. The van der Waals surface area contributed by atoms with E-state index in [4.69, 9.17) is 14.2 Å². The number of hydrogen-bond acceptors (Lipinski definition) is 7. The number of para-hydroxylation sites is 1. The first-order valence-electron chi connectivity index (χ1n) is 10.6. The maximum Gasteiger partial charge on any atom is 0.165 e. The molecule has 0 bridgehead atoms. The van der Waals surface area contributed by atoms with Crippen LogP contribution < -0.4 is 14.8 Å². The molecule has 3 rings (SSSR count). The monoisotopic (exact) mass is 415 g/mol. The van der Waals surface area contributed by atoms with Gasteiger partial charge in [0.05, 0.1) is 20.3 Å². The summed E-state index contributed by atoms with van der Waals surface area (Å²) in [7, 11) is 1.64. The highest BCUT2D eigenvalue weighted by atomic mass is 16.5. The molecule has 0 amide bonds. The molecule has 1 unspecified atom stereocenters. The number of nitrogens with one attached hydrogen (secondary N) is 1. The first kappa shape index (κ1) is 22.5. The van der Waals surface area contributed by atoms with Gasteiger partial charge in [0.15, 0.2) is 11.5 Å². The molecule has 1 aliphatic heterocycles. The molecule has 30 heavy (non-hydrogen) atoms. The van der Waals surface area contributed by atoms with E-state index in [1.54, 1.807) is 13.3 Å². The lowest BCUT2D eigenvalue weighted by molar-refractivity contribution is 0.00436. The molecule has 1 fully saturated rings. The Bertz CT molecular complexity index is 738. The van der Waals surface area contributed by atoms with E-state index in [0.717, 1.165) is 51.3 Å². The predicted molar refractivity (Wildman–Crippen MR) is 116 cm³/mol. The second-order valence-electron chi connectivity index (χ2n) is 7.47. The third-order valence-corrected chi connectivity index (χ3v) is 5.13. The summed E-state index contributed by atoms with van der Waals surface area (Å²) in [4.78, 5) is 6.35. The lowest BCUT2D eigenvalue weighted by Crippen LogP contribution is -2.42. The molecule has 7 nitrogen and oxygen atoms in total. The molecule has 2 N–H and O–H groups in total. The molecule has 0 radical (unpaired) electrons. The number of methoxy groups -OCH3 is 1. The summed E-state index contributed by atoms with van der Waals surface area (Å²) in [6.45, 7) is 5.52. The maximum atomic E-state index is 10.4. The van der Waals surface area contributed by atoms with Gasteiger partial charge in [0.1, 0.15) is 12.7 Å². The Balaban J connectivity index is 1.47. The zero-order chi connectivity index (χ0) is 21.0. The SMILES string of the molecule is COc1cccc(CNCCCc2cccnc2)c1OCC(O)CN1CCOCC1. The average molecular weight is 416 g/mol. The minimum Gasteiger partial charge on any atom is -0.493 e. The molecule has 1 aromatic heterocycles. The number of nitrogens with zero attached hydrogens (tertiary/aromatic N) is 2. The number of aromatic nitrogens is 1. The van der Waals surface area contributed by atoms with Crippen molar-refractivity contribution in [1.82, 2.24) is 15.2 Å². The third-order valence-electron chi connectivity index (χ3n) is 5.13. The highest BCUT2D eigenvalue weighted by Gasteiger charge is 2.17. The van der Waals surface area contributed by atoms with Crippen LogP contribution in [0.15, 0.2) is 42.7 Å². The number of morpholine rings is 1. The molecule has 1 aliphatic rings. The molecular weight excluding hydrogens is 382 g/mol. The van der Waals surface area contributed by atoms with Gasteiger partial charge in [-0.1, -0.05) is 18.2 Å². The summed E-state index contributed by atoms with van der Waals surface area (Å²) < 4.78 is 16.8. The fraction of sp³-hybridized carbons (Fsp3) is 0.522. The standard InChI is InChI=1S/C23H33N3O4/c1-28-22-8-2-7-20(16-25-10-4-6-19-5-3-9-24-15-19)23(22)30-18-21(27)17-26-11-13-29-14-12-26/h2-3,5,7-9,15,21,25,27H,4,6,10-14,16-18H2,1H3. The number of benzene rings is 1. The van der Waals surface area contributed by atoms with Crippen LogP contribution in [-0.4, -0.2) is 74.2 Å². The smallest absolute Gasteiger partial charge is 0.165 e. The van der Waals surface area contributed by atoms with Crippen LogP contribution in [-0.2, 0) is 17.7 Å². The average Bonchev–Trinajstić information content (AvgIpc) is 2.79. The second kappa shape index (κ2) is 12.5. The maximum absolute atomic E-state index is 10.4. The number of pyridine rings is 1. The summed E-state index contributed by atoms with van der Waals surface area (Å²) >= 11 is 0. The molecule has 1 saturated heterocycles. The van der Waals surface area contributed by atoms with E-state index in [1.807, 2.05) is 30.5 Å². The molecule has 0 aliphatic carbocycles. The van der Waals surface area contributed by atoms with E-state index in [9.17, 15) is 5.11 Å².